The van der Waals surface area contributed by atoms with Crippen molar-refractivity contribution in [3.8, 4) is 6.07 Å². The lowest BCUT2D eigenvalue weighted by Crippen LogP contribution is -2.52. The first-order valence-electron chi connectivity index (χ1n) is 7.26. The molecule has 92 valence electrons. The van der Waals surface area contributed by atoms with Crippen LogP contribution in [0.4, 0.5) is 0 Å². The van der Waals surface area contributed by atoms with E-state index in [1.54, 1.807) is 5.56 Å². The molecule has 4 aliphatic carbocycles. The van der Waals surface area contributed by atoms with Crippen molar-refractivity contribution >= 4 is 0 Å². The second-order valence-electron chi connectivity index (χ2n) is 6.77. The monoisotopic (exact) mass is 237 g/mol. The predicted molar refractivity (Wildman–Crippen MR) is 70.8 cm³/mol. The highest BCUT2D eigenvalue weighted by Crippen LogP contribution is 2.62. The van der Waals surface area contributed by atoms with Gasteiger partial charge in [0.1, 0.15) is 0 Å². The molecule has 5 atom stereocenters. The molecule has 0 N–H and O–H groups in total. The van der Waals surface area contributed by atoms with E-state index < -0.39 is 0 Å². The average molecular weight is 237 g/mol. The van der Waals surface area contributed by atoms with E-state index in [-0.39, 0.29) is 0 Å². The third-order valence-corrected chi connectivity index (χ3v) is 5.81. The highest BCUT2D eigenvalue weighted by Gasteiger charge is 2.55. The lowest BCUT2D eigenvalue weighted by atomic mass is 9.45. The Morgan fingerprint density at radius 3 is 2.28 bits per heavy atom. The summed E-state index contributed by atoms with van der Waals surface area (Å²) in [6, 6.07) is 13.7. The SMILES string of the molecule is N#CC1C2CC3C[C@H]1CC(c1ccccc1)(C3)C2. The van der Waals surface area contributed by atoms with E-state index in [4.69, 9.17) is 0 Å². The molecule has 0 aliphatic heterocycles. The van der Waals surface area contributed by atoms with Crippen molar-refractivity contribution < 1.29 is 0 Å². The highest BCUT2D eigenvalue weighted by atomic mass is 14.6. The fourth-order valence-corrected chi connectivity index (χ4v) is 5.38. The Kier molecular flexibility index (Phi) is 2.13. The lowest BCUT2D eigenvalue weighted by molar-refractivity contribution is -0.0351. The van der Waals surface area contributed by atoms with Crippen LogP contribution in [0.5, 0.6) is 0 Å². The van der Waals surface area contributed by atoms with Gasteiger partial charge in [-0.2, -0.15) is 5.26 Å². The van der Waals surface area contributed by atoms with E-state index in [1.165, 1.54) is 32.1 Å². The van der Waals surface area contributed by atoms with Gasteiger partial charge in [-0.25, -0.2) is 0 Å². The van der Waals surface area contributed by atoms with Crippen molar-refractivity contribution in [3.05, 3.63) is 35.9 Å². The minimum atomic E-state index is 0.360. The summed E-state index contributed by atoms with van der Waals surface area (Å²) in [5.74, 6) is 2.62. The number of rotatable bonds is 1. The normalized spacial score (nSPS) is 44.8. The molecule has 0 amide bonds. The lowest BCUT2D eigenvalue weighted by Gasteiger charge is -2.59. The standard InChI is InChI=1S/C17H19N/c18-11-16-13-6-12-7-14(16)10-17(8-12,9-13)15-4-2-1-3-5-15/h1-5,12-14,16H,6-10H2/t12?,13-,14?,16?,17?/m0/s1. The van der Waals surface area contributed by atoms with E-state index in [9.17, 15) is 5.26 Å². The second-order valence-corrected chi connectivity index (χ2v) is 6.77. The maximum atomic E-state index is 9.40. The first kappa shape index (κ1) is 10.6. The van der Waals surface area contributed by atoms with Crippen molar-refractivity contribution in [2.75, 3.05) is 0 Å². The summed E-state index contributed by atoms with van der Waals surface area (Å²) in [7, 11) is 0. The molecule has 4 aliphatic rings. The predicted octanol–water partition coefficient (Wildman–Crippen LogP) is 3.90. The largest absolute Gasteiger partial charge is 0.198 e. The number of hydrogen-bond acceptors (Lipinski definition) is 1. The summed E-state index contributed by atoms with van der Waals surface area (Å²) < 4.78 is 0. The molecule has 1 heteroatoms. The van der Waals surface area contributed by atoms with E-state index in [0.29, 0.717) is 23.2 Å². The Balaban J connectivity index is 1.75. The number of benzene rings is 1. The van der Waals surface area contributed by atoms with Crippen molar-refractivity contribution in [1.29, 1.82) is 5.26 Å². The van der Waals surface area contributed by atoms with Crippen molar-refractivity contribution in [2.24, 2.45) is 23.7 Å². The summed E-state index contributed by atoms with van der Waals surface area (Å²) >= 11 is 0. The molecule has 0 radical (unpaired) electrons. The molecule has 0 aromatic heterocycles. The maximum absolute atomic E-state index is 9.40. The molecular formula is C17H19N. The summed E-state index contributed by atoms with van der Waals surface area (Å²) in [4.78, 5) is 0. The van der Waals surface area contributed by atoms with Gasteiger partial charge in [-0.1, -0.05) is 30.3 Å². The first-order chi connectivity index (χ1) is 8.81. The molecule has 0 heterocycles. The van der Waals surface area contributed by atoms with Crippen LogP contribution < -0.4 is 0 Å². The molecular weight excluding hydrogens is 218 g/mol. The van der Waals surface area contributed by atoms with Gasteiger partial charge in [0.05, 0.1) is 12.0 Å². The molecule has 4 saturated carbocycles. The average Bonchev–Trinajstić information content (AvgIpc) is 2.39. The molecule has 1 aromatic rings. The molecule has 18 heavy (non-hydrogen) atoms. The van der Waals surface area contributed by atoms with E-state index in [1.807, 2.05) is 0 Å². The summed E-state index contributed by atoms with van der Waals surface area (Å²) in [5.41, 5.74) is 1.96. The highest BCUT2D eigenvalue weighted by molar-refractivity contribution is 5.30. The van der Waals surface area contributed by atoms with Crippen molar-refractivity contribution in [1.82, 2.24) is 0 Å². The van der Waals surface area contributed by atoms with Gasteiger partial charge in [0, 0.05) is 0 Å². The number of nitrogens with zero attached hydrogens (tertiary/aromatic N) is 1. The zero-order valence-corrected chi connectivity index (χ0v) is 10.7. The van der Waals surface area contributed by atoms with Gasteiger partial charge < -0.3 is 0 Å². The molecule has 0 spiro atoms. The summed E-state index contributed by atoms with van der Waals surface area (Å²) in [6.45, 7) is 0. The fourth-order valence-electron chi connectivity index (χ4n) is 5.38. The van der Waals surface area contributed by atoms with Crippen molar-refractivity contribution in [2.45, 2.75) is 37.5 Å². The maximum Gasteiger partial charge on any atom is 0.0661 e. The Labute approximate surface area is 109 Å². The second kappa shape index (κ2) is 3.60. The Morgan fingerprint density at radius 1 is 1.00 bits per heavy atom. The van der Waals surface area contributed by atoms with Gasteiger partial charge in [0.25, 0.3) is 0 Å². The van der Waals surface area contributed by atoms with E-state index in [0.717, 1.165) is 5.92 Å². The quantitative estimate of drug-likeness (QED) is 0.726. The van der Waals surface area contributed by atoms with Crippen LogP contribution in [0.1, 0.15) is 37.7 Å². The van der Waals surface area contributed by atoms with Gasteiger partial charge in [-0.05, 0) is 60.8 Å². The van der Waals surface area contributed by atoms with Crippen LogP contribution in [0.2, 0.25) is 0 Å². The topological polar surface area (TPSA) is 23.8 Å². The summed E-state index contributed by atoms with van der Waals surface area (Å²) in [6.07, 6.45) is 6.55. The van der Waals surface area contributed by atoms with Crippen LogP contribution in [0.25, 0.3) is 0 Å². The van der Waals surface area contributed by atoms with Crippen LogP contribution in [-0.2, 0) is 5.41 Å². The van der Waals surface area contributed by atoms with E-state index >= 15 is 0 Å². The van der Waals surface area contributed by atoms with Crippen LogP contribution >= 0.6 is 0 Å². The zero-order valence-electron chi connectivity index (χ0n) is 10.7. The summed E-state index contributed by atoms with van der Waals surface area (Å²) in [5, 5.41) is 9.40. The van der Waals surface area contributed by atoms with Crippen LogP contribution in [0.3, 0.4) is 0 Å². The Hall–Kier alpha value is -1.29. The van der Waals surface area contributed by atoms with Crippen molar-refractivity contribution in [3.63, 3.8) is 0 Å². The van der Waals surface area contributed by atoms with Gasteiger partial charge in [-0.15, -0.1) is 0 Å². The fraction of sp³-hybridized carbons (Fsp3) is 0.588. The molecule has 1 nitrogen and oxygen atoms in total. The minimum absolute atomic E-state index is 0.360. The molecule has 1 aromatic carbocycles. The molecule has 4 bridgehead atoms. The van der Waals surface area contributed by atoms with Gasteiger partial charge >= 0.3 is 0 Å². The van der Waals surface area contributed by atoms with Crippen LogP contribution in [0, 0.1) is 35.0 Å². The number of hydrogen-bond donors (Lipinski definition) is 0. The smallest absolute Gasteiger partial charge is 0.0661 e. The van der Waals surface area contributed by atoms with Gasteiger partial charge in [0.2, 0.25) is 0 Å². The minimum Gasteiger partial charge on any atom is -0.198 e. The van der Waals surface area contributed by atoms with E-state index in [2.05, 4.69) is 36.4 Å². The van der Waals surface area contributed by atoms with Gasteiger partial charge in [0.15, 0.2) is 0 Å². The molecule has 4 fully saturated rings. The number of nitriles is 1. The first-order valence-corrected chi connectivity index (χ1v) is 7.26. The molecule has 4 unspecified atom stereocenters. The Morgan fingerprint density at radius 2 is 1.67 bits per heavy atom. The van der Waals surface area contributed by atoms with Crippen LogP contribution in [0.15, 0.2) is 30.3 Å². The Bertz CT molecular complexity index is 482. The van der Waals surface area contributed by atoms with Gasteiger partial charge in [-0.3, -0.25) is 0 Å². The molecule has 5 rings (SSSR count). The zero-order chi connectivity index (χ0) is 12.2. The third kappa shape index (κ3) is 1.32. The molecule has 0 saturated heterocycles. The van der Waals surface area contributed by atoms with Crippen LogP contribution in [-0.4, -0.2) is 0 Å². The third-order valence-electron chi connectivity index (χ3n) is 5.81.